The number of halogens is 1. The van der Waals surface area contributed by atoms with Crippen molar-refractivity contribution in [1.82, 2.24) is 9.97 Å². The van der Waals surface area contributed by atoms with Crippen LogP contribution >= 0.6 is 23.4 Å². The Morgan fingerprint density at radius 1 is 1.50 bits per heavy atom. The zero-order chi connectivity index (χ0) is 11.5. The number of ether oxygens (including phenoxy) is 1. The minimum absolute atomic E-state index is 0.00199. The molecule has 1 aromatic rings. The van der Waals surface area contributed by atoms with Crippen molar-refractivity contribution in [3.05, 3.63) is 22.2 Å². The third kappa shape index (κ3) is 2.50. The van der Waals surface area contributed by atoms with Crippen LogP contribution in [-0.4, -0.2) is 28.1 Å². The van der Waals surface area contributed by atoms with Crippen LogP contribution in [0, 0.1) is 6.92 Å². The highest BCUT2D eigenvalue weighted by molar-refractivity contribution is 7.99. The number of aromatic nitrogens is 2. The summed E-state index contributed by atoms with van der Waals surface area (Å²) in [6, 6.07) is 0. The van der Waals surface area contributed by atoms with E-state index in [-0.39, 0.29) is 6.10 Å². The lowest BCUT2D eigenvalue weighted by atomic mass is 10.2. The van der Waals surface area contributed by atoms with Gasteiger partial charge in [0.15, 0.2) is 5.82 Å². The normalized spacial score (nSPS) is 21.1. The highest BCUT2D eigenvalue weighted by Crippen LogP contribution is 2.26. The van der Waals surface area contributed by atoms with Crippen molar-refractivity contribution >= 4 is 23.4 Å². The predicted octanol–water partition coefficient (Wildman–Crippen LogP) is 2.81. The Bertz CT molecular complexity index is 380. The third-order valence-corrected chi connectivity index (χ3v) is 4.01. The van der Waals surface area contributed by atoms with Gasteiger partial charge in [0.05, 0.1) is 6.61 Å². The number of rotatable bonds is 2. The number of thioether (sulfide) groups is 1. The van der Waals surface area contributed by atoms with E-state index in [1.807, 2.05) is 18.7 Å². The first kappa shape index (κ1) is 12.1. The molecule has 0 amide bonds. The summed E-state index contributed by atoms with van der Waals surface area (Å²) in [4.78, 5) is 8.86. The third-order valence-electron chi connectivity index (χ3n) is 2.64. The Labute approximate surface area is 105 Å². The molecule has 0 N–H and O–H groups in total. The van der Waals surface area contributed by atoms with E-state index in [1.54, 1.807) is 0 Å². The van der Waals surface area contributed by atoms with Crippen LogP contribution in [0.25, 0.3) is 0 Å². The Morgan fingerprint density at radius 2 is 2.31 bits per heavy atom. The Balaban J connectivity index is 2.29. The zero-order valence-corrected chi connectivity index (χ0v) is 11.1. The van der Waals surface area contributed by atoms with Crippen LogP contribution in [0.1, 0.15) is 30.1 Å². The molecule has 3 nitrogen and oxygen atoms in total. The fraction of sp³-hybridized carbons (Fsp3) is 0.636. The summed E-state index contributed by atoms with van der Waals surface area (Å²) in [6.45, 7) is 4.80. The highest BCUT2D eigenvalue weighted by Gasteiger charge is 2.21. The average Bonchev–Trinajstić information content (AvgIpc) is 2.33. The van der Waals surface area contributed by atoms with E-state index in [0.29, 0.717) is 5.15 Å². The number of aryl methyl sites for hydroxylation is 1. The van der Waals surface area contributed by atoms with E-state index < -0.39 is 0 Å². The summed E-state index contributed by atoms with van der Waals surface area (Å²) in [5.41, 5.74) is 2.01. The van der Waals surface area contributed by atoms with E-state index in [1.165, 1.54) is 0 Å². The Morgan fingerprint density at radius 3 is 2.94 bits per heavy atom. The zero-order valence-electron chi connectivity index (χ0n) is 9.49. The molecule has 0 radical (unpaired) electrons. The minimum Gasteiger partial charge on any atom is -0.368 e. The van der Waals surface area contributed by atoms with Crippen molar-refractivity contribution in [3.63, 3.8) is 0 Å². The first-order valence-corrected chi connectivity index (χ1v) is 6.98. The standard InChI is InChI=1S/C11H15ClN2OS/c1-3-8-7(2)10(12)14-11(13-8)9-6-16-5-4-15-9/h9H,3-6H2,1-2H3. The summed E-state index contributed by atoms with van der Waals surface area (Å²) in [5, 5.41) is 0.557. The molecule has 16 heavy (non-hydrogen) atoms. The van der Waals surface area contributed by atoms with E-state index in [9.17, 15) is 0 Å². The minimum atomic E-state index is 0.00199. The molecule has 1 fully saturated rings. The fourth-order valence-corrected chi connectivity index (χ4v) is 2.71. The van der Waals surface area contributed by atoms with Gasteiger partial charge in [-0.3, -0.25) is 0 Å². The van der Waals surface area contributed by atoms with Crippen LogP contribution in [-0.2, 0) is 11.2 Å². The topological polar surface area (TPSA) is 35.0 Å². The Kier molecular flexibility index (Phi) is 4.05. The van der Waals surface area contributed by atoms with Crippen LogP contribution in [0.15, 0.2) is 0 Å². The molecule has 88 valence electrons. The maximum absolute atomic E-state index is 6.10. The van der Waals surface area contributed by atoms with E-state index in [2.05, 4.69) is 16.9 Å². The molecule has 2 heterocycles. The number of hydrogen-bond acceptors (Lipinski definition) is 4. The summed E-state index contributed by atoms with van der Waals surface area (Å²) >= 11 is 7.98. The van der Waals surface area contributed by atoms with Gasteiger partial charge in [-0.05, 0) is 13.3 Å². The molecule has 0 spiro atoms. The lowest BCUT2D eigenvalue weighted by Gasteiger charge is -2.21. The lowest BCUT2D eigenvalue weighted by Crippen LogP contribution is -2.19. The molecule has 1 aromatic heterocycles. The summed E-state index contributed by atoms with van der Waals surface area (Å²) in [5.74, 6) is 2.71. The first-order chi connectivity index (χ1) is 7.72. The second-order valence-electron chi connectivity index (χ2n) is 3.73. The smallest absolute Gasteiger partial charge is 0.159 e. The van der Waals surface area contributed by atoms with Gasteiger partial charge in [-0.25, -0.2) is 9.97 Å². The van der Waals surface area contributed by atoms with E-state index in [0.717, 1.165) is 41.6 Å². The maximum Gasteiger partial charge on any atom is 0.159 e. The van der Waals surface area contributed by atoms with Crippen LogP contribution in [0.3, 0.4) is 0 Å². The number of nitrogens with zero attached hydrogens (tertiary/aromatic N) is 2. The lowest BCUT2D eigenvalue weighted by molar-refractivity contribution is 0.0692. The molecule has 0 aromatic carbocycles. The van der Waals surface area contributed by atoms with Gasteiger partial charge in [0, 0.05) is 22.8 Å². The van der Waals surface area contributed by atoms with Gasteiger partial charge in [-0.1, -0.05) is 18.5 Å². The van der Waals surface area contributed by atoms with Gasteiger partial charge in [-0.15, -0.1) is 0 Å². The van der Waals surface area contributed by atoms with Crippen LogP contribution in [0.5, 0.6) is 0 Å². The van der Waals surface area contributed by atoms with Gasteiger partial charge in [0.1, 0.15) is 11.3 Å². The van der Waals surface area contributed by atoms with Crippen molar-refractivity contribution in [3.8, 4) is 0 Å². The van der Waals surface area contributed by atoms with E-state index in [4.69, 9.17) is 16.3 Å². The summed E-state index contributed by atoms with van der Waals surface area (Å²) in [7, 11) is 0. The van der Waals surface area contributed by atoms with Crippen LogP contribution in [0.4, 0.5) is 0 Å². The second kappa shape index (κ2) is 5.34. The van der Waals surface area contributed by atoms with Crippen LogP contribution in [0.2, 0.25) is 5.15 Å². The predicted molar refractivity (Wildman–Crippen MR) is 67.2 cm³/mol. The molecule has 1 aliphatic heterocycles. The van der Waals surface area contributed by atoms with Crippen molar-refractivity contribution in [2.24, 2.45) is 0 Å². The summed E-state index contributed by atoms with van der Waals surface area (Å²) in [6.07, 6.45) is 0.878. The van der Waals surface area contributed by atoms with Crippen LogP contribution < -0.4 is 0 Å². The Hall–Kier alpha value is -0.320. The molecule has 1 atom stereocenters. The molecular formula is C11H15ClN2OS. The molecular weight excluding hydrogens is 244 g/mol. The molecule has 0 bridgehead atoms. The second-order valence-corrected chi connectivity index (χ2v) is 5.24. The van der Waals surface area contributed by atoms with Crippen molar-refractivity contribution < 1.29 is 4.74 Å². The summed E-state index contributed by atoms with van der Waals surface area (Å²) < 4.78 is 5.65. The van der Waals surface area contributed by atoms with Crippen molar-refractivity contribution in [1.29, 1.82) is 0 Å². The molecule has 1 aliphatic rings. The van der Waals surface area contributed by atoms with Gasteiger partial charge < -0.3 is 4.74 Å². The maximum atomic E-state index is 6.10. The van der Waals surface area contributed by atoms with Crippen molar-refractivity contribution in [2.75, 3.05) is 18.1 Å². The van der Waals surface area contributed by atoms with E-state index >= 15 is 0 Å². The molecule has 1 saturated heterocycles. The van der Waals surface area contributed by atoms with Gasteiger partial charge >= 0.3 is 0 Å². The highest BCUT2D eigenvalue weighted by atomic mass is 35.5. The molecule has 0 aliphatic carbocycles. The van der Waals surface area contributed by atoms with Crippen molar-refractivity contribution in [2.45, 2.75) is 26.4 Å². The monoisotopic (exact) mass is 258 g/mol. The average molecular weight is 259 g/mol. The molecule has 5 heteroatoms. The van der Waals surface area contributed by atoms with Gasteiger partial charge in [-0.2, -0.15) is 11.8 Å². The number of hydrogen-bond donors (Lipinski definition) is 0. The molecule has 2 rings (SSSR count). The van der Waals surface area contributed by atoms with Gasteiger partial charge in [0.2, 0.25) is 0 Å². The largest absolute Gasteiger partial charge is 0.368 e. The molecule has 1 unspecified atom stereocenters. The molecule has 0 saturated carbocycles. The fourth-order valence-electron chi connectivity index (χ4n) is 1.68. The quantitative estimate of drug-likeness (QED) is 0.764. The van der Waals surface area contributed by atoms with Gasteiger partial charge in [0.25, 0.3) is 0 Å². The SMILES string of the molecule is CCc1nc(C2CSCCO2)nc(Cl)c1C. The first-order valence-electron chi connectivity index (χ1n) is 5.44.